The van der Waals surface area contributed by atoms with Crippen LogP contribution in [-0.2, 0) is 9.05 Å². The van der Waals surface area contributed by atoms with Gasteiger partial charge in [0.2, 0.25) is 0 Å². The molecule has 1 saturated heterocycles. The van der Waals surface area contributed by atoms with Crippen LogP contribution < -0.4 is 0 Å². The molecule has 54 valence electrons. The van der Waals surface area contributed by atoms with Crippen molar-refractivity contribution in [3.05, 3.63) is 0 Å². The second-order valence-electron chi connectivity index (χ2n) is 1.97. The van der Waals surface area contributed by atoms with E-state index in [-0.39, 0.29) is 6.10 Å². The quantitative estimate of drug-likeness (QED) is 0.453. The Hall–Kier alpha value is 0.799. The molecule has 1 aliphatic heterocycles. The molecule has 0 aromatic rings. The zero-order valence-corrected chi connectivity index (χ0v) is 7.65. The van der Waals surface area contributed by atoms with Crippen LogP contribution in [0.2, 0.25) is 0 Å². The molecular formula is C4H8FO2PSe. The van der Waals surface area contributed by atoms with Gasteiger partial charge in [-0.2, -0.15) is 0 Å². The SMILES string of the molecule is C[C@H]1CCO[P@](F)(=[Se])O1. The van der Waals surface area contributed by atoms with Gasteiger partial charge in [0.1, 0.15) is 0 Å². The average molecular weight is 217 g/mol. The molecule has 0 unspecified atom stereocenters. The molecule has 0 amide bonds. The van der Waals surface area contributed by atoms with E-state index < -0.39 is 6.27 Å². The third kappa shape index (κ3) is 2.48. The molecule has 0 N–H and O–H groups in total. The standard InChI is InChI=1S/C4H8FO2PSe/c1-4-2-3-6-8(5,9)7-4/h4H,2-3H2,1H3/t4-,8-/m0/s1. The first-order chi connectivity index (χ1) is 4.10. The summed E-state index contributed by atoms with van der Waals surface area (Å²) in [6.45, 7) is 2.31. The van der Waals surface area contributed by atoms with E-state index in [1.165, 1.54) is 0 Å². The normalized spacial score (nSPS) is 44.9. The molecule has 0 radical (unpaired) electrons. The van der Waals surface area contributed by atoms with Gasteiger partial charge in [0.15, 0.2) is 0 Å². The van der Waals surface area contributed by atoms with Crippen molar-refractivity contribution in [2.75, 3.05) is 6.61 Å². The zero-order valence-electron chi connectivity index (χ0n) is 5.04. The Bertz CT molecular complexity index is 152. The van der Waals surface area contributed by atoms with Crippen molar-refractivity contribution in [3.8, 4) is 0 Å². The summed E-state index contributed by atoms with van der Waals surface area (Å²) in [6.07, 6.45) is -2.23. The van der Waals surface area contributed by atoms with E-state index in [0.717, 1.165) is 6.42 Å². The summed E-state index contributed by atoms with van der Waals surface area (Å²) in [5, 5.41) is 0. The van der Waals surface area contributed by atoms with Crippen LogP contribution in [0.5, 0.6) is 0 Å². The molecule has 0 aromatic heterocycles. The Kier molecular flexibility index (Phi) is 2.47. The first-order valence-corrected chi connectivity index (χ1v) is 6.46. The van der Waals surface area contributed by atoms with Gasteiger partial charge in [-0.05, 0) is 0 Å². The van der Waals surface area contributed by atoms with Crippen LogP contribution in [0.4, 0.5) is 4.20 Å². The summed E-state index contributed by atoms with van der Waals surface area (Å²) in [6, 6.07) is 0. The maximum absolute atomic E-state index is 12.7. The monoisotopic (exact) mass is 218 g/mol. The topological polar surface area (TPSA) is 18.5 Å². The molecule has 1 heterocycles. The second kappa shape index (κ2) is 2.81. The van der Waals surface area contributed by atoms with Crippen molar-refractivity contribution in [3.63, 3.8) is 0 Å². The third-order valence-corrected chi connectivity index (χ3v) is 3.38. The van der Waals surface area contributed by atoms with Crippen molar-refractivity contribution in [2.24, 2.45) is 0 Å². The maximum atomic E-state index is 12.7. The van der Waals surface area contributed by atoms with E-state index in [1.807, 2.05) is 6.92 Å². The van der Waals surface area contributed by atoms with Gasteiger partial charge < -0.3 is 0 Å². The molecule has 2 nitrogen and oxygen atoms in total. The molecule has 1 fully saturated rings. The van der Waals surface area contributed by atoms with Crippen LogP contribution >= 0.6 is 6.27 Å². The fraction of sp³-hybridized carbons (Fsp3) is 1.00. The molecule has 2 atom stereocenters. The molecule has 0 bridgehead atoms. The molecule has 9 heavy (non-hydrogen) atoms. The van der Waals surface area contributed by atoms with E-state index in [2.05, 4.69) is 15.1 Å². The number of rotatable bonds is 0. The van der Waals surface area contributed by atoms with Gasteiger partial charge in [-0.1, -0.05) is 0 Å². The summed E-state index contributed by atoms with van der Waals surface area (Å²) in [5.74, 6) is 0. The van der Waals surface area contributed by atoms with Gasteiger partial charge in [0.25, 0.3) is 0 Å². The Balaban J connectivity index is 2.51. The van der Waals surface area contributed by atoms with Crippen molar-refractivity contribution in [1.82, 2.24) is 0 Å². The molecule has 0 aliphatic carbocycles. The van der Waals surface area contributed by atoms with Crippen molar-refractivity contribution in [1.29, 1.82) is 0 Å². The third-order valence-electron chi connectivity index (χ3n) is 1.08. The Labute approximate surface area is 61.2 Å². The average Bonchev–Trinajstić information content (AvgIpc) is 1.60. The van der Waals surface area contributed by atoms with Crippen LogP contribution in [-0.4, -0.2) is 27.8 Å². The Morgan fingerprint density at radius 2 is 2.44 bits per heavy atom. The molecule has 0 saturated carbocycles. The summed E-state index contributed by atoms with van der Waals surface area (Å²) < 4.78 is 22.3. The van der Waals surface area contributed by atoms with Gasteiger partial charge in [0.05, 0.1) is 0 Å². The first-order valence-electron chi connectivity index (χ1n) is 2.73. The van der Waals surface area contributed by atoms with Crippen LogP contribution in [0, 0.1) is 0 Å². The summed E-state index contributed by atoms with van der Waals surface area (Å²) in [4.78, 5) is 0. The predicted molar refractivity (Wildman–Crippen MR) is 34.9 cm³/mol. The summed E-state index contributed by atoms with van der Waals surface area (Å²) in [5.41, 5.74) is 0. The number of hydrogen-bond acceptors (Lipinski definition) is 2. The molecule has 5 heteroatoms. The van der Waals surface area contributed by atoms with Crippen LogP contribution in [0.15, 0.2) is 0 Å². The fourth-order valence-electron chi connectivity index (χ4n) is 0.626. The van der Waals surface area contributed by atoms with E-state index in [9.17, 15) is 4.20 Å². The van der Waals surface area contributed by atoms with Crippen LogP contribution in [0.3, 0.4) is 0 Å². The predicted octanol–water partition coefficient (Wildman–Crippen LogP) is 1.63. The van der Waals surface area contributed by atoms with Gasteiger partial charge in [0, 0.05) is 0 Å². The Morgan fingerprint density at radius 1 is 1.78 bits per heavy atom. The molecule has 0 spiro atoms. The Morgan fingerprint density at radius 3 is 2.78 bits per heavy atom. The molecule has 1 rings (SSSR count). The van der Waals surface area contributed by atoms with Gasteiger partial charge in [-0.3, -0.25) is 0 Å². The second-order valence-corrected chi connectivity index (χ2v) is 6.04. The minimum absolute atomic E-state index is 0.00154. The molecule has 0 aromatic carbocycles. The number of halogens is 1. The van der Waals surface area contributed by atoms with Crippen LogP contribution in [0.25, 0.3) is 0 Å². The van der Waals surface area contributed by atoms with E-state index in [1.54, 1.807) is 0 Å². The van der Waals surface area contributed by atoms with E-state index in [4.69, 9.17) is 9.05 Å². The number of hydrogen-bond donors (Lipinski definition) is 0. The van der Waals surface area contributed by atoms with E-state index in [0.29, 0.717) is 6.61 Å². The summed E-state index contributed by atoms with van der Waals surface area (Å²) in [7, 11) is 0. The van der Waals surface area contributed by atoms with Gasteiger partial charge >= 0.3 is 60.7 Å². The van der Waals surface area contributed by atoms with Gasteiger partial charge in [-0.15, -0.1) is 0 Å². The molecular weight excluding hydrogens is 209 g/mol. The zero-order chi connectivity index (χ0) is 6.91. The van der Waals surface area contributed by atoms with Crippen molar-refractivity contribution >= 4 is 21.4 Å². The minimum atomic E-state index is -3.02. The van der Waals surface area contributed by atoms with Crippen molar-refractivity contribution in [2.45, 2.75) is 19.4 Å². The fourth-order valence-corrected chi connectivity index (χ4v) is 2.94. The molecule has 1 aliphatic rings. The first kappa shape index (κ1) is 7.90. The van der Waals surface area contributed by atoms with Crippen molar-refractivity contribution < 1.29 is 13.2 Å². The van der Waals surface area contributed by atoms with Gasteiger partial charge in [-0.25, -0.2) is 0 Å². The van der Waals surface area contributed by atoms with Crippen LogP contribution in [0.1, 0.15) is 13.3 Å². The summed E-state index contributed by atoms with van der Waals surface area (Å²) >= 11 is 2.29. The van der Waals surface area contributed by atoms with E-state index >= 15 is 0 Å².